The standard InChI is InChI=1S/C26H33BrN2O3/c1-2-3-4-8-16-32-24-15-14-20(27)18-23(24)26(31)29-22-13-9-10-19(17-22)25(30)28-21-11-6-5-7-12-21/h9-10,13-15,17-18,21H,2-8,11-12,16H2,1H3,(H,28,30)(H,29,31). The van der Waals surface area contributed by atoms with Crippen LogP contribution < -0.4 is 15.4 Å². The largest absolute Gasteiger partial charge is 0.493 e. The third kappa shape index (κ3) is 7.37. The van der Waals surface area contributed by atoms with E-state index in [4.69, 9.17) is 4.74 Å². The molecule has 3 rings (SSSR count). The molecule has 2 aromatic carbocycles. The van der Waals surface area contributed by atoms with E-state index in [-0.39, 0.29) is 17.9 Å². The first kappa shape index (κ1) is 24.3. The molecule has 0 unspecified atom stereocenters. The van der Waals surface area contributed by atoms with Crippen molar-refractivity contribution in [1.29, 1.82) is 0 Å². The SMILES string of the molecule is CCCCCCOc1ccc(Br)cc1C(=O)Nc1cccc(C(=O)NC2CCCCC2)c1. The number of rotatable bonds is 10. The Morgan fingerprint density at radius 3 is 2.59 bits per heavy atom. The number of carbonyl (C=O) groups excluding carboxylic acids is 2. The maximum Gasteiger partial charge on any atom is 0.259 e. The lowest BCUT2D eigenvalue weighted by molar-refractivity contribution is 0.0926. The molecule has 1 aliphatic carbocycles. The maximum atomic E-state index is 13.0. The molecule has 0 spiro atoms. The summed E-state index contributed by atoms with van der Waals surface area (Å²) in [7, 11) is 0. The Balaban J connectivity index is 1.64. The number of hydrogen-bond donors (Lipinski definition) is 2. The molecular formula is C26H33BrN2O3. The van der Waals surface area contributed by atoms with Gasteiger partial charge in [0.25, 0.3) is 11.8 Å². The number of nitrogens with one attached hydrogen (secondary N) is 2. The van der Waals surface area contributed by atoms with Gasteiger partial charge in [-0.25, -0.2) is 0 Å². The van der Waals surface area contributed by atoms with Crippen LogP contribution in [0.4, 0.5) is 5.69 Å². The minimum absolute atomic E-state index is 0.0912. The van der Waals surface area contributed by atoms with E-state index in [0.29, 0.717) is 29.2 Å². The van der Waals surface area contributed by atoms with Crippen molar-refractivity contribution in [3.63, 3.8) is 0 Å². The Kier molecular flexibility index (Phi) is 9.60. The van der Waals surface area contributed by atoms with E-state index in [2.05, 4.69) is 33.5 Å². The first-order chi connectivity index (χ1) is 15.6. The Morgan fingerprint density at radius 1 is 1.00 bits per heavy atom. The Bertz CT molecular complexity index is 910. The summed E-state index contributed by atoms with van der Waals surface area (Å²) >= 11 is 3.44. The summed E-state index contributed by atoms with van der Waals surface area (Å²) < 4.78 is 6.71. The van der Waals surface area contributed by atoms with E-state index in [9.17, 15) is 9.59 Å². The van der Waals surface area contributed by atoms with Crippen LogP contribution in [0.15, 0.2) is 46.9 Å². The summed E-state index contributed by atoms with van der Waals surface area (Å²) in [5.74, 6) is 0.208. The molecule has 1 fully saturated rings. The van der Waals surface area contributed by atoms with Gasteiger partial charge in [0.2, 0.25) is 0 Å². The average molecular weight is 501 g/mol. The van der Waals surface area contributed by atoms with Crippen molar-refractivity contribution >= 4 is 33.4 Å². The molecule has 0 radical (unpaired) electrons. The van der Waals surface area contributed by atoms with Crippen molar-refractivity contribution in [3.8, 4) is 5.75 Å². The van der Waals surface area contributed by atoms with Gasteiger partial charge in [0.15, 0.2) is 0 Å². The van der Waals surface area contributed by atoms with Gasteiger partial charge >= 0.3 is 0 Å². The highest BCUT2D eigenvalue weighted by Gasteiger charge is 2.18. The molecule has 0 bridgehead atoms. The molecule has 32 heavy (non-hydrogen) atoms. The summed E-state index contributed by atoms with van der Waals surface area (Å²) in [6, 6.07) is 12.8. The van der Waals surface area contributed by atoms with Crippen LogP contribution in [0.5, 0.6) is 5.75 Å². The van der Waals surface area contributed by atoms with Gasteiger partial charge in [-0.2, -0.15) is 0 Å². The first-order valence-corrected chi connectivity index (χ1v) is 12.5. The minimum atomic E-state index is -0.264. The van der Waals surface area contributed by atoms with Crippen LogP contribution in [-0.2, 0) is 0 Å². The molecule has 172 valence electrons. The predicted octanol–water partition coefficient (Wildman–Crippen LogP) is 6.72. The van der Waals surface area contributed by atoms with E-state index >= 15 is 0 Å². The lowest BCUT2D eigenvalue weighted by Gasteiger charge is -2.22. The average Bonchev–Trinajstić information content (AvgIpc) is 2.80. The number of anilines is 1. The zero-order valence-corrected chi connectivity index (χ0v) is 20.4. The van der Waals surface area contributed by atoms with Crippen LogP contribution in [0.2, 0.25) is 0 Å². The molecular weight excluding hydrogens is 468 g/mol. The molecule has 2 aromatic rings. The van der Waals surface area contributed by atoms with Gasteiger partial charge in [-0.05, 0) is 55.7 Å². The second-order valence-electron chi connectivity index (χ2n) is 8.39. The number of carbonyl (C=O) groups is 2. The van der Waals surface area contributed by atoms with Crippen LogP contribution in [0.1, 0.15) is 85.4 Å². The number of ether oxygens (including phenoxy) is 1. The second kappa shape index (κ2) is 12.6. The highest BCUT2D eigenvalue weighted by atomic mass is 79.9. The topological polar surface area (TPSA) is 67.4 Å². The fraction of sp³-hybridized carbons (Fsp3) is 0.462. The van der Waals surface area contributed by atoms with Gasteiger partial charge in [0.05, 0.1) is 12.2 Å². The Hall–Kier alpha value is -2.34. The van der Waals surface area contributed by atoms with E-state index in [1.165, 1.54) is 19.3 Å². The summed E-state index contributed by atoms with van der Waals surface area (Å²) in [6.07, 6.45) is 10.1. The van der Waals surface area contributed by atoms with Crippen molar-refractivity contribution in [2.24, 2.45) is 0 Å². The summed E-state index contributed by atoms with van der Waals surface area (Å²) in [5, 5.41) is 6.04. The molecule has 0 saturated heterocycles. The zero-order chi connectivity index (χ0) is 22.8. The quantitative estimate of drug-likeness (QED) is 0.355. The molecule has 2 N–H and O–H groups in total. The number of benzene rings is 2. The van der Waals surface area contributed by atoms with Gasteiger partial charge in [0.1, 0.15) is 5.75 Å². The highest BCUT2D eigenvalue weighted by Crippen LogP contribution is 2.25. The van der Waals surface area contributed by atoms with Crippen molar-refractivity contribution in [1.82, 2.24) is 5.32 Å². The summed E-state index contributed by atoms with van der Waals surface area (Å²) in [4.78, 5) is 25.7. The summed E-state index contributed by atoms with van der Waals surface area (Å²) in [5.41, 5.74) is 1.60. The van der Waals surface area contributed by atoms with Gasteiger partial charge in [-0.15, -0.1) is 0 Å². The van der Waals surface area contributed by atoms with E-state index in [0.717, 1.165) is 43.0 Å². The number of amides is 2. The van der Waals surface area contributed by atoms with Crippen molar-refractivity contribution in [3.05, 3.63) is 58.1 Å². The molecule has 0 atom stereocenters. The fourth-order valence-corrected chi connectivity index (χ4v) is 4.33. The lowest BCUT2D eigenvalue weighted by Crippen LogP contribution is -2.36. The molecule has 0 aromatic heterocycles. The monoisotopic (exact) mass is 500 g/mol. The maximum absolute atomic E-state index is 13.0. The third-order valence-electron chi connectivity index (χ3n) is 5.76. The first-order valence-electron chi connectivity index (χ1n) is 11.7. The van der Waals surface area contributed by atoms with Crippen LogP contribution in [0, 0.1) is 0 Å². The van der Waals surface area contributed by atoms with Crippen molar-refractivity contribution in [2.45, 2.75) is 70.8 Å². The van der Waals surface area contributed by atoms with Crippen molar-refractivity contribution in [2.75, 3.05) is 11.9 Å². The molecule has 1 aliphatic rings. The number of hydrogen-bond acceptors (Lipinski definition) is 3. The van der Waals surface area contributed by atoms with Gasteiger partial charge in [-0.3, -0.25) is 9.59 Å². The van der Waals surface area contributed by atoms with Crippen molar-refractivity contribution < 1.29 is 14.3 Å². The highest BCUT2D eigenvalue weighted by molar-refractivity contribution is 9.10. The molecule has 0 aliphatic heterocycles. The van der Waals surface area contributed by atoms with E-state index in [1.807, 2.05) is 12.1 Å². The molecule has 6 heteroatoms. The fourth-order valence-electron chi connectivity index (χ4n) is 3.97. The van der Waals surface area contributed by atoms with Gasteiger partial charge in [0, 0.05) is 21.8 Å². The van der Waals surface area contributed by atoms with Crippen LogP contribution in [0.25, 0.3) is 0 Å². The Morgan fingerprint density at radius 2 is 1.81 bits per heavy atom. The summed E-state index contributed by atoms with van der Waals surface area (Å²) in [6.45, 7) is 2.76. The predicted molar refractivity (Wildman–Crippen MR) is 133 cm³/mol. The zero-order valence-electron chi connectivity index (χ0n) is 18.8. The smallest absolute Gasteiger partial charge is 0.259 e. The third-order valence-corrected chi connectivity index (χ3v) is 6.26. The van der Waals surface area contributed by atoms with Gasteiger partial charge < -0.3 is 15.4 Å². The normalized spacial score (nSPS) is 14.1. The van der Waals surface area contributed by atoms with E-state index < -0.39 is 0 Å². The second-order valence-corrected chi connectivity index (χ2v) is 9.31. The van der Waals surface area contributed by atoms with Crippen LogP contribution in [0.3, 0.4) is 0 Å². The Labute approximate surface area is 199 Å². The molecule has 0 heterocycles. The van der Waals surface area contributed by atoms with Gasteiger partial charge in [-0.1, -0.05) is 67.4 Å². The van der Waals surface area contributed by atoms with E-state index in [1.54, 1.807) is 30.3 Å². The lowest BCUT2D eigenvalue weighted by atomic mass is 9.95. The van der Waals surface area contributed by atoms with Crippen LogP contribution >= 0.6 is 15.9 Å². The minimum Gasteiger partial charge on any atom is -0.493 e. The number of unbranched alkanes of at least 4 members (excludes halogenated alkanes) is 3. The van der Waals surface area contributed by atoms with Crippen LogP contribution in [-0.4, -0.2) is 24.5 Å². The number of halogens is 1. The molecule has 2 amide bonds. The molecule has 5 nitrogen and oxygen atoms in total. The molecule has 1 saturated carbocycles.